The number of hydrogen-bond acceptors (Lipinski definition) is 3. The number of unbranched alkanes of at least 4 members (excludes halogenated alkanes) is 1. The van der Waals surface area contributed by atoms with Crippen molar-refractivity contribution in [1.29, 1.82) is 0 Å². The third-order valence-electron chi connectivity index (χ3n) is 2.54. The van der Waals surface area contributed by atoms with E-state index in [2.05, 4.69) is 6.92 Å². The van der Waals surface area contributed by atoms with Crippen LogP contribution in [-0.2, 0) is 11.2 Å². The van der Waals surface area contributed by atoms with Gasteiger partial charge in [0.25, 0.3) is 0 Å². The van der Waals surface area contributed by atoms with Crippen LogP contribution in [0.3, 0.4) is 0 Å². The maximum absolute atomic E-state index is 10.7. The van der Waals surface area contributed by atoms with E-state index in [0.717, 1.165) is 6.42 Å². The van der Waals surface area contributed by atoms with Crippen LogP contribution in [0, 0.1) is 0 Å². The molecular weight excluding hydrogens is 216 g/mol. The van der Waals surface area contributed by atoms with E-state index in [4.69, 9.17) is 16.2 Å². The summed E-state index contributed by atoms with van der Waals surface area (Å²) in [6, 6.07) is 7.08. The van der Waals surface area contributed by atoms with Gasteiger partial charge in [0.2, 0.25) is 5.91 Å². The molecule has 0 bridgehead atoms. The third-order valence-corrected chi connectivity index (χ3v) is 2.54. The summed E-state index contributed by atoms with van der Waals surface area (Å²) in [7, 11) is 0. The largest absolute Gasteiger partial charge is 0.491 e. The van der Waals surface area contributed by atoms with Crippen molar-refractivity contribution in [2.75, 3.05) is 6.61 Å². The smallest absolute Gasteiger partial charge is 0.237 e. The van der Waals surface area contributed by atoms with Gasteiger partial charge in [-0.05, 0) is 30.5 Å². The van der Waals surface area contributed by atoms with Crippen LogP contribution in [0.4, 0.5) is 0 Å². The normalized spacial score (nSPS) is 12.1. The fraction of sp³-hybridized carbons (Fsp3) is 0.462. The van der Waals surface area contributed by atoms with Gasteiger partial charge in [0.1, 0.15) is 18.4 Å². The molecule has 17 heavy (non-hydrogen) atoms. The fourth-order valence-electron chi connectivity index (χ4n) is 1.40. The number of hydrogen-bond donors (Lipinski definition) is 2. The number of rotatable bonds is 7. The van der Waals surface area contributed by atoms with E-state index in [1.807, 2.05) is 24.3 Å². The number of primary amides is 1. The number of aryl methyl sites for hydroxylation is 1. The Bertz CT molecular complexity index is 349. The molecule has 4 nitrogen and oxygen atoms in total. The highest BCUT2D eigenvalue weighted by molar-refractivity contribution is 5.79. The average molecular weight is 236 g/mol. The molecule has 1 aromatic carbocycles. The van der Waals surface area contributed by atoms with Crippen molar-refractivity contribution in [1.82, 2.24) is 0 Å². The molecule has 0 fully saturated rings. The van der Waals surface area contributed by atoms with Crippen molar-refractivity contribution < 1.29 is 9.53 Å². The van der Waals surface area contributed by atoms with Gasteiger partial charge in [0.05, 0.1) is 0 Å². The third kappa shape index (κ3) is 4.87. The molecular formula is C13H20N2O2. The van der Waals surface area contributed by atoms with Gasteiger partial charge < -0.3 is 16.2 Å². The summed E-state index contributed by atoms with van der Waals surface area (Å²) in [5.74, 6) is 0.159. The van der Waals surface area contributed by atoms with Crippen LogP contribution in [0.15, 0.2) is 24.3 Å². The lowest BCUT2D eigenvalue weighted by atomic mass is 10.1. The molecule has 0 aliphatic heterocycles. The van der Waals surface area contributed by atoms with E-state index < -0.39 is 11.9 Å². The second kappa shape index (κ2) is 6.91. The van der Waals surface area contributed by atoms with Crippen molar-refractivity contribution >= 4 is 5.91 Å². The summed E-state index contributed by atoms with van der Waals surface area (Å²) in [5.41, 5.74) is 11.8. The molecule has 0 aliphatic carbocycles. The Morgan fingerprint density at radius 1 is 1.35 bits per heavy atom. The molecule has 1 atom stereocenters. The molecule has 0 saturated carbocycles. The van der Waals surface area contributed by atoms with Gasteiger partial charge >= 0.3 is 0 Å². The van der Waals surface area contributed by atoms with Crippen molar-refractivity contribution in [2.45, 2.75) is 32.2 Å². The van der Waals surface area contributed by atoms with Crippen molar-refractivity contribution in [3.8, 4) is 5.75 Å². The van der Waals surface area contributed by atoms with E-state index in [1.54, 1.807) is 0 Å². The molecule has 0 aromatic heterocycles. The monoisotopic (exact) mass is 236 g/mol. The maximum atomic E-state index is 10.7. The molecule has 4 heteroatoms. The Balaban J connectivity index is 2.42. The first kappa shape index (κ1) is 13.5. The highest BCUT2D eigenvalue weighted by Gasteiger charge is 2.09. The Morgan fingerprint density at radius 3 is 2.53 bits per heavy atom. The Morgan fingerprint density at radius 2 is 2.00 bits per heavy atom. The molecule has 1 amide bonds. The molecule has 1 aromatic rings. The van der Waals surface area contributed by atoms with Gasteiger partial charge in [0.15, 0.2) is 0 Å². The minimum Gasteiger partial charge on any atom is -0.491 e. The number of carbonyl (C=O) groups excluding carboxylic acids is 1. The molecule has 0 heterocycles. The SMILES string of the molecule is CCCCc1ccc(OCC(N)C(N)=O)cc1. The van der Waals surface area contributed by atoms with E-state index in [0.29, 0.717) is 5.75 Å². The van der Waals surface area contributed by atoms with Crippen molar-refractivity contribution in [3.05, 3.63) is 29.8 Å². The molecule has 0 aliphatic rings. The summed E-state index contributed by atoms with van der Waals surface area (Å²) >= 11 is 0. The number of nitrogens with two attached hydrogens (primary N) is 2. The fourth-order valence-corrected chi connectivity index (χ4v) is 1.40. The van der Waals surface area contributed by atoms with E-state index >= 15 is 0 Å². The van der Waals surface area contributed by atoms with Crippen LogP contribution in [0.25, 0.3) is 0 Å². The number of ether oxygens (including phenoxy) is 1. The minimum atomic E-state index is -0.755. The Hall–Kier alpha value is -1.55. The molecule has 4 N–H and O–H groups in total. The quantitative estimate of drug-likeness (QED) is 0.747. The molecule has 1 unspecified atom stereocenters. The van der Waals surface area contributed by atoms with Crippen LogP contribution in [0.2, 0.25) is 0 Å². The topological polar surface area (TPSA) is 78.3 Å². The molecule has 1 rings (SSSR count). The zero-order valence-electron chi connectivity index (χ0n) is 10.2. The predicted octanol–water partition coefficient (Wildman–Crippen LogP) is 1.22. The highest BCUT2D eigenvalue weighted by Crippen LogP contribution is 2.13. The van der Waals surface area contributed by atoms with Crippen molar-refractivity contribution in [3.63, 3.8) is 0 Å². The Labute approximate surface area is 102 Å². The highest BCUT2D eigenvalue weighted by atomic mass is 16.5. The lowest BCUT2D eigenvalue weighted by Crippen LogP contribution is -2.41. The first-order valence-electron chi connectivity index (χ1n) is 5.90. The minimum absolute atomic E-state index is 0.115. The zero-order valence-corrected chi connectivity index (χ0v) is 10.2. The summed E-state index contributed by atoms with van der Waals surface area (Å²) < 4.78 is 5.36. The molecule has 0 saturated heterocycles. The van der Waals surface area contributed by atoms with Crippen LogP contribution < -0.4 is 16.2 Å². The predicted molar refractivity (Wildman–Crippen MR) is 67.7 cm³/mol. The molecule has 94 valence electrons. The number of amides is 1. The standard InChI is InChI=1S/C13H20N2O2/c1-2-3-4-10-5-7-11(8-6-10)17-9-12(14)13(15)16/h5-8,12H,2-4,9,14H2,1H3,(H2,15,16). The summed E-state index contributed by atoms with van der Waals surface area (Å²) in [5, 5.41) is 0. The lowest BCUT2D eigenvalue weighted by molar-refractivity contribution is -0.119. The zero-order chi connectivity index (χ0) is 12.7. The van der Waals surface area contributed by atoms with E-state index in [-0.39, 0.29) is 6.61 Å². The summed E-state index contributed by atoms with van der Waals surface area (Å²) in [4.78, 5) is 10.7. The van der Waals surface area contributed by atoms with Crippen LogP contribution in [-0.4, -0.2) is 18.6 Å². The van der Waals surface area contributed by atoms with E-state index in [1.165, 1.54) is 18.4 Å². The first-order valence-corrected chi connectivity index (χ1v) is 5.90. The van der Waals surface area contributed by atoms with Gasteiger partial charge in [-0.2, -0.15) is 0 Å². The van der Waals surface area contributed by atoms with Gasteiger partial charge in [-0.3, -0.25) is 4.79 Å². The Kier molecular flexibility index (Phi) is 5.49. The van der Waals surface area contributed by atoms with Gasteiger partial charge in [-0.15, -0.1) is 0 Å². The summed E-state index contributed by atoms with van der Waals surface area (Å²) in [6.45, 7) is 2.28. The van der Waals surface area contributed by atoms with Crippen molar-refractivity contribution in [2.24, 2.45) is 11.5 Å². The van der Waals surface area contributed by atoms with Crippen LogP contribution >= 0.6 is 0 Å². The molecule has 0 spiro atoms. The summed E-state index contributed by atoms with van der Waals surface area (Å²) in [6.07, 6.45) is 3.45. The van der Waals surface area contributed by atoms with Gasteiger partial charge in [-0.25, -0.2) is 0 Å². The second-order valence-corrected chi connectivity index (χ2v) is 4.07. The molecule has 0 radical (unpaired) electrons. The average Bonchev–Trinajstić information content (AvgIpc) is 2.34. The maximum Gasteiger partial charge on any atom is 0.237 e. The van der Waals surface area contributed by atoms with Crippen LogP contribution in [0.1, 0.15) is 25.3 Å². The second-order valence-electron chi connectivity index (χ2n) is 4.07. The van der Waals surface area contributed by atoms with E-state index in [9.17, 15) is 4.79 Å². The first-order chi connectivity index (χ1) is 8.13. The van der Waals surface area contributed by atoms with Gasteiger partial charge in [0, 0.05) is 0 Å². The number of carbonyl (C=O) groups is 1. The number of benzene rings is 1. The van der Waals surface area contributed by atoms with Crippen LogP contribution in [0.5, 0.6) is 5.75 Å². The van der Waals surface area contributed by atoms with Gasteiger partial charge in [-0.1, -0.05) is 25.5 Å². The lowest BCUT2D eigenvalue weighted by Gasteiger charge is -2.10.